The minimum atomic E-state index is -3.65. The van der Waals surface area contributed by atoms with Crippen molar-refractivity contribution in [3.05, 3.63) is 76.5 Å². The van der Waals surface area contributed by atoms with Gasteiger partial charge in [-0.1, -0.05) is 24.3 Å². The molecule has 0 aliphatic carbocycles. The lowest BCUT2D eigenvalue weighted by molar-refractivity contribution is -0.384. The molecule has 0 unspecified atom stereocenters. The number of nitrogens with zero attached hydrogens (tertiary/aromatic N) is 5. The minimum Gasteiger partial charge on any atom is -0.454 e. The van der Waals surface area contributed by atoms with Crippen molar-refractivity contribution in [2.24, 2.45) is 23.0 Å². The lowest BCUT2D eigenvalue weighted by Gasteiger charge is -2.14. The zero-order valence-corrected chi connectivity index (χ0v) is 19.3. The topological polar surface area (TPSA) is 172 Å². The van der Waals surface area contributed by atoms with E-state index in [4.69, 9.17) is 10.5 Å². The van der Waals surface area contributed by atoms with Crippen molar-refractivity contribution in [3.63, 3.8) is 0 Å². The molecule has 4 aromatic rings. The number of carbonyl (C=O) groups excluding carboxylic acids is 1. The van der Waals surface area contributed by atoms with E-state index in [1.165, 1.54) is 42.1 Å². The summed E-state index contributed by atoms with van der Waals surface area (Å²) in [7, 11) is -2.14. The van der Waals surface area contributed by atoms with Gasteiger partial charge in [0.25, 0.3) is 11.6 Å². The summed E-state index contributed by atoms with van der Waals surface area (Å²) in [5.41, 5.74) is 5.57. The highest BCUT2D eigenvalue weighted by Crippen LogP contribution is 2.42. The van der Waals surface area contributed by atoms with Gasteiger partial charge in [-0.2, -0.15) is 5.10 Å². The van der Waals surface area contributed by atoms with Crippen LogP contribution in [-0.2, 0) is 16.9 Å². The molecule has 1 aromatic heterocycles. The molecule has 35 heavy (non-hydrogen) atoms. The molecule has 0 atom stereocenters. The molecule has 0 fully saturated rings. The SMILES string of the molecule is Cn1ncc(S(C)(=O)=O)c1N=Nc1c(Oc2ccc([N+](=O)[O-])cc2)c(C(N)=O)cc2ccccc12. The first-order chi connectivity index (χ1) is 16.6. The summed E-state index contributed by atoms with van der Waals surface area (Å²) in [4.78, 5) is 22.6. The van der Waals surface area contributed by atoms with Crippen LogP contribution in [0.4, 0.5) is 17.2 Å². The molecule has 12 nitrogen and oxygen atoms in total. The summed E-state index contributed by atoms with van der Waals surface area (Å²) in [6, 6.07) is 13.7. The van der Waals surface area contributed by atoms with Crippen LogP contribution >= 0.6 is 0 Å². The highest BCUT2D eigenvalue weighted by Gasteiger charge is 2.22. The molecule has 1 heterocycles. The number of nitrogens with two attached hydrogens (primary N) is 1. The summed E-state index contributed by atoms with van der Waals surface area (Å²) in [6.45, 7) is 0. The van der Waals surface area contributed by atoms with Gasteiger partial charge in [-0.15, -0.1) is 10.2 Å². The van der Waals surface area contributed by atoms with Crippen molar-refractivity contribution in [3.8, 4) is 11.5 Å². The number of sulfone groups is 1. The maximum atomic E-state index is 12.3. The van der Waals surface area contributed by atoms with E-state index in [0.717, 1.165) is 12.5 Å². The highest BCUT2D eigenvalue weighted by molar-refractivity contribution is 7.90. The van der Waals surface area contributed by atoms with E-state index in [9.17, 15) is 23.3 Å². The average Bonchev–Trinajstić information content (AvgIpc) is 3.19. The first kappa shape index (κ1) is 23.5. The van der Waals surface area contributed by atoms with E-state index >= 15 is 0 Å². The standard InChI is InChI=1S/C22H18N6O6S/c1-27-22(18(12-24-27)35(2,32)33)26-25-19-16-6-4-3-5-13(16)11-17(21(23)29)20(19)34-15-9-7-14(8-10-15)28(30)31/h3-12H,1-2H3,(H2,23,29). The number of nitro groups is 1. The molecular formula is C22H18N6O6S. The van der Waals surface area contributed by atoms with Gasteiger partial charge in [-0.05, 0) is 23.6 Å². The molecular weight excluding hydrogens is 476 g/mol. The monoisotopic (exact) mass is 494 g/mol. The van der Waals surface area contributed by atoms with Crippen molar-refractivity contribution < 1.29 is 22.9 Å². The van der Waals surface area contributed by atoms with E-state index in [2.05, 4.69) is 15.3 Å². The maximum Gasteiger partial charge on any atom is 0.269 e. The second-order valence-corrected chi connectivity index (χ2v) is 9.45. The second kappa shape index (κ2) is 8.95. The third kappa shape index (κ3) is 4.70. The summed E-state index contributed by atoms with van der Waals surface area (Å²) in [5, 5.41) is 24.4. The van der Waals surface area contributed by atoms with Crippen LogP contribution in [0.5, 0.6) is 11.5 Å². The third-order valence-corrected chi connectivity index (χ3v) is 6.11. The van der Waals surface area contributed by atoms with Crippen LogP contribution in [0.1, 0.15) is 10.4 Å². The van der Waals surface area contributed by atoms with Crippen LogP contribution in [0.15, 0.2) is 75.9 Å². The quantitative estimate of drug-likeness (QED) is 0.228. The number of rotatable bonds is 7. The van der Waals surface area contributed by atoms with Gasteiger partial charge in [0, 0.05) is 30.8 Å². The first-order valence-corrected chi connectivity index (χ1v) is 11.9. The minimum absolute atomic E-state index is 0.00987. The zero-order valence-electron chi connectivity index (χ0n) is 18.4. The third-order valence-electron chi connectivity index (χ3n) is 5.03. The number of fused-ring (bicyclic) bond motifs is 1. The fourth-order valence-electron chi connectivity index (χ4n) is 3.33. The van der Waals surface area contributed by atoms with Gasteiger partial charge >= 0.3 is 0 Å². The summed E-state index contributed by atoms with van der Waals surface area (Å²) < 4.78 is 31.4. The van der Waals surface area contributed by atoms with Gasteiger partial charge in [-0.3, -0.25) is 14.9 Å². The van der Waals surface area contributed by atoms with E-state index in [1.54, 1.807) is 24.3 Å². The molecule has 2 N–H and O–H groups in total. The molecule has 1 amide bonds. The van der Waals surface area contributed by atoms with Crippen LogP contribution in [0, 0.1) is 10.1 Å². The van der Waals surface area contributed by atoms with Gasteiger partial charge < -0.3 is 10.5 Å². The van der Waals surface area contributed by atoms with E-state index in [1.807, 2.05) is 0 Å². The summed E-state index contributed by atoms with van der Waals surface area (Å²) in [6.07, 6.45) is 2.19. The second-order valence-electron chi connectivity index (χ2n) is 7.47. The molecule has 0 aliphatic heterocycles. The van der Waals surface area contributed by atoms with E-state index < -0.39 is 20.7 Å². The van der Waals surface area contributed by atoms with Crippen LogP contribution in [-0.4, -0.2) is 35.3 Å². The number of aryl methyl sites for hydroxylation is 1. The normalized spacial score (nSPS) is 11.7. The Balaban J connectivity index is 1.93. The van der Waals surface area contributed by atoms with Crippen LogP contribution < -0.4 is 10.5 Å². The largest absolute Gasteiger partial charge is 0.454 e. The molecule has 0 saturated heterocycles. The predicted octanol–water partition coefficient (Wildman–Crippen LogP) is 4.19. The molecule has 4 rings (SSSR count). The predicted molar refractivity (Wildman–Crippen MR) is 126 cm³/mol. The summed E-state index contributed by atoms with van der Waals surface area (Å²) >= 11 is 0. The Hall–Kier alpha value is -4.65. The number of hydrogen-bond acceptors (Lipinski definition) is 9. The van der Waals surface area contributed by atoms with Crippen molar-refractivity contribution >= 4 is 43.7 Å². The van der Waals surface area contributed by atoms with Gasteiger partial charge in [0.2, 0.25) is 0 Å². The number of carbonyl (C=O) groups is 1. The molecule has 0 bridgehead atoms. The number of aromatic nitrogens is 2. The fourth-order valence-corrected chi connectivity index (χ4v) is 4.08. The lowest BCUT2D eigenvalue weighted by Crippen LogP contribution is -2.12. The number of ether oxygens (including phenoxy) is 1. The van der Waals surface area contributed by atoms with Crippen molar-refractivity contribution in [2.75, 3.05) is 6.26 Å². The highest BCUT2D eigenvalue weighted by atomic mass is 32.2. The molecule has 13 heteroatoms. The van der Waals surface area contributed by atoms with Gasteiger partial charge in [-0.25, -0.2) is 13.1 Å². The molecule has 178 valence electrons. The fraction of sp³-hybridized carbons (Fsp3) is 0.0909. The van der Waals surface area contributed by atoms with Gasteiger partial charge in [0.05, 0.1) is 16.7 Å². The Bertz CT molecular complexity index is 1610. The molecule has 0 aliphatic rings. The first-order valence-electron chi connectivity index (χ1n) is 9.98. The van der Waals surface area contributed by atoms with Crippen LogP contribution in [0.25, 0.3) is 10.8 Å². The van der Waals surface area contributed by atoms with Crippen LogP contribution in [0.3, 0.4) is 0 Å². The number of amides is 1. The summed E-state index contributed by atoms with van der Waals surface area (Å²) in [5.74, 6) is -0.692. The van der Waals surface area contributed by atoms with Gasteiger partial charge in [0.1, 0.15) is 16.3 Å². The van der Waals surface area contributed by atoms with Crippen molar-refractivity contribution in [1.82, 2.24) is 9.78 Å². The van der Waals surface area contributed by atoms with E-state index in [0.29, 0.717) is 10.8 Å². The Labute approximate surface area is 198 Å². The average molecular weight is 494 g/mol. The van der Waals surface area contributed by atoms with Crippen molar-refractivity contribution in [2.45, 2.75) is 4.90 Å². The smallest absolute Gasteiger partial charge is 0.269 e. The Morgan fingerprint density at radius 1 is 1.14 bits per heavy atom. The Morgan fingerprint density at radius 3 is 2.46 bits per heavy atom. The Morgan fingerprint density at radius 2 is 1.83 bits per heavy atom. The zero-order chi connectivity index (χ0) is 25.3. The van der Waals surface area contributed by atoms with Crippen molar-refractivity contribution in [1.29, 1.82) is 0 Å². The number of non-ortho nitro benzene ring substituents is 1. The van der Waals surface area contributed by atoms with E-state index in [-0.39, 0.29) is 39.2 Å². The number of benzene rings is 3. The molecule has 0 saturated carbocycles. The Kier molecular flexibility index (Phi) is 6.01. The number of hydrogen-bond donors (Lipinski definition) is 1. The lowest BCUT2D eigenvalue weighted by atomic mass is 10.0. The number of azo groups is 1. The molecule has 0 spiro atoms. The number of nitro benzene ring substituents is 1. The maximum absolute atomic E-state index is 12.3. The van der Waals surface area contributed by atoms with Gasteiger partial charge in [0.15, 0.2) is 21.4 Å². The van der Waals surface area contributed by atoms with Crippen LogP contribution in [0.2, 0.25) is 0 Å². The molecule has 0 radical (unpaired) electrons. The number of primary amides is 1. The molecule has 3 aromatic carbocycles.